The van der Waals surface area contributed by atoms with Crippen molar-refractivity contribution in [3.63, 3.8) is 0 Å². The molecule has 0 amide bonds. The number of pyridine rings is 1. The number of hydrogen-bond donors (Lipinski definition) is 1. The lowest BCUT2D eigenvalue weighted by Crippen LogP contribution is -2.17. The molecule has 100 valence electrons. The molecule has 1 fully saturated rings. The van der Waals surface area contributed by atoms with Crippen LogP contribution in [0.3, 0.4) is 0 Å². The van der Waals surface area contributed by atoms with Gasteiger partial charge in [0, 0.05) is 5.92 Å². The van der Waals surface area contributed by atoms with Gasteiger partial charge in [-0.05, 0) is 37.8 Å². The van der Waals surface area contributed by atoms with Crippen molar-refractivity contribution in [2.24, 2.45) is 0 Å². The first kappa shape index (κ1) is 12.2. The first-order valence-corrected chi connectivity index (χ1v) is 6.36. The van der Waals surface area contributed by atoms with Gasteiger partial charge >= 0.3 is 0 Å². The number of halogens is 1. The smallest absolute Gasteiger partial charge is 0.230 e. The molecule has 0 radical (unpaired) electrons. The van der Waals surface area contributed by atoms with Crippen LogP contribution < -0.4 is 0 Å². The Bertz CT molecular complexity index is 547. The maximum atomic E-state index is 12.8. The Labute approximate surface area is 109 Å². The molecule has 2 heterocycles. The summed E-state index contributed by atoms with van der Waals surface area (Å²) in [5, 5.41) is 13.3. The highest BCUT2D eigenvalue weighted by atomic mass is 19.1. The second-order valence-corrected chi connectivity index (χ2v) is 4.82. The molecule has 6 heteroatoms. The summed E-state index contributed by atoms with van der Waals surface area (Å²) in [6, 6.07) is 2.84. The van der Waals surface area contributed by atoms with E-state index in [1.807, 2.05) is 0 Å². The van der Waals surface area contributed by atoms with Gasteiger partial charge in [-0.3, -0.25) is 0 Å². The lowest BCUT2D eigenvalue weighted by Gasteiger charge is -2.22. The van der Waals surface area contributed by atoms with Crippen LogP contribution in [0.1, 0.15) is 37.5 Å². The van der Waals surface area contributed by atoms with Gasteiger partial charge in [0.15, 0.2) is 0 Å². The summed E-state index contributed by atoms with van der Waals surface area (Å²) >= 11 is 0. The van der Waals surface area contributed by atoms with Crippen LogP contribution in [0.5, 0.6) is 0 Å². The molecular formula is C13H14FN3O2. The maximum absolute atomic E-state index is 12.8. The lowest BCUT2D eigenvalue weighted by atomic mass is 9.87. The maximum Gasteiger partial charge on any atom is 0.230 e. The van der Waals surface area contributed by atoms with Crippen LogP contribution in [0.4, 0.5) is 4.39 Å². The Hall–Kier alpha value is -1.82. The molecule has 0 aliphatic heterocycles. The first-order valence-electron chi connectivity index (χ1n) is 6.36. The SMILES string of the molecule is OC1CCC(c2nc(-c3ccc(F)cn3)no2)CC1. The molecule has 0 spiro atoms. The van der Waals surface area contributed by atoms with Crippen molar-refractivity contribution in [2.45, 2.75) is 37.7 Å². The minimum Gasteiger partial charge on any atom is -0.393 e. The Morgan fingerprint density at radius 1 is 1.21 bits per heavy atom. The third-order valence-corrected chi connectivity index (χ3v) is 3.44. The van der Waals surface area contributed by atoms with Gasteiger partial charge in [-0.1, -0.05) is 5.16 Å². The lowest BCUT2D eigenvalue weighted by molar-refractivity contribution is 0.116. The molecule has 0 saturated heterocycles. The van der Waals surface area contributed by atoms with E-state index in [0.29, 0.717) is 17.4 Å². The molecule has 5 nitrogen and oxygen atoms in total. The van der Waals surface area contributed by atoms with Gasteiger partial charge in [0.1, 0.15) is 11.5 Å². The Balaban J connectivity index is 1.77. The number of nitrogens with zero attached hydrogens (tertiary/aromatic N) is 3. The minimum atomic E-state index is -0.395. The number of aliphatic hydroxyl groups is 1. The van der Waals surface area contributed by atoms with E-state index >= 15 is 0 Å². The molecule has 1 aliphatic carbocycles. The zero-order chi connectivity index (χ0) is 13.2. The van der Waals surface area contributed by atoms with Gasteiger partial charge in [0.2, 0.25) is 11.7 Å². The van der Waals surface area contributed by atoms with Crippen LogP contribution in [-0.2, 0) is 0 Å². The average Bonchev–Trinajstić information content (AvgIpc) is 2.90. The van der Waals surface area contributed by atoms with Crippen molar-refractivity contribution in [3.8, 4) is 11.5 Å². The quantitative estimate of drug-likeness (QED) is 0.900. The van der Waals surface area contributed by atoms with Crippen molar-refractivity contribution in [1.82, 2.24) is 15.1 Å². The Kier molecular flexibility index (Phi) is 3.25. The monoisotopic (exact) mass is 263 g/mol. The highest BCUT2D eigenvalue weighted by Gasteiger charge is 2.25. The summed E-state index contributed by atoms with van der Waals surface area (Å²) < 4.78 is 18.0. The fourth-order valence-electron chi connectivity index (χ4n) is 2.34. The fourth-order valence-corrected chi connectivity index (χ4v) is 2.34. The molecule has 3 rings (SSSR count). The highest BCUT2D eigenvalue weighted by Crippen LogP contribution is 2.32. The van der Waals surface area contributed by atoms with Gasteiger partial charge < -0.3 is 9.63 Å². The standard InChI is InChI=1S/C13H14FN3O2/c14-9-3-6-11(15-7-9)12-16-13(19-17-12)8-1-4-10(18)5-2-8/h3,6-8,10,18H,1-2,4-5H2. The Morgan fingerprint density at radius 3 is 2.68 bits per heavy atom. The number of rotatable bonds is 2. The van der Waals surface area contributed by atoms with Crippen molar-refractivity contribution >= 4 is 0 Å². The third kappa shape index (κ3) is 2.63. The van der Waals surface area contributed by atoms with E-state index in [1.54, 1.807) is 0 Å². The van der Waals surface area contributed by atoms with Gasteiger partial charge in [0.25, 0.3) is 0 Å². The molecular weight excluding hydrogens is 249 g/mol. The van der Waals surface area contributed by atoms with E-state index in [2.05, 4.69) is 15.1 Å². The summed E-state index contributed by atoms with van der Waals surface area (Å²) in [4.78, 5) is 8.23. The summed E-state index contributed by atoms with van der Waals surface area (Å²) in [6.07, 6.45) is 4.13. The number of aromatic nitrogens is 3. The van der Waals surface area contributed by atoms with Crippen molar-refractivity contribution in [2.75, 3.05) is 0 Å². The molecule has 2 aromatic rings. The summed E-state index contributed by atoms with van der Waals surface area (Å²) in [6.45, 7) is 0. The summed E-state index contributed by atoms with van der Waals surface area (Å²) in [5.41, 5.74) is 0.493. The van der Waals surface area contributed by atoms with Gasteiger partial charge in [-0.25, -0.2) is 9.37 Å². The second kappa shape index (κ2) is 5.05. The number of hydrogen-bond acceptors (Lipinski definition) is 5. The number of aliphatic hydroxyl groups excluding tert-OH is 1. The molecule has 1 aliphatic rings. The van der Waals surface area contributed by atoms with Crippen LogP contribution in [-0.4, -0.2) is 26.3 Å². The first-order chi connectivity index (χ1) is 9.22. The van der Waals surface area contributed by atoms with E-state index in [0.717, 1.165) is 31.9 Å². The van der Waals surface area contributed by atoms with E-state index in [9.17, 15) is 9.50 Å². The summed E-state index contributed by atoms with van der Waals surface area (Å²) in [7, 11) is 0. The molecule has 19 heavy (non-hydrogen) atoms. The molecule has 2 aromatic heterocycles. The predicted molar refractivity (Wildman–Crippen MR) is 64.7 cm³/mol. The van der Waals surface area contributed by atoms with Crippen molar-refractivity contribution < 1.29 is 14.0 Å². The topological polar surface area (TPSA) is 72.0 Å². The normalized spacial score (nSPS) is 23.5. The molecule has 1 saturated carbocycles. The van der Waals surface area contributed by atoms with Gasteiger partial charge in [-0.2, -0.15) is 4.98 Å². The van der Waals surface area contributed by atoms with Gasteiger partial charge in [0.05, 0.1) is 12.3 Å². The van der Waals surface area contributed by atoms with Crippen LogP contribution in [0.15, 0.2) is 22.9 Å². The van der Waals surface area contributed by atoms with E-state index in [1.165, 1.54) is 12.1 Å². The van der Waals surface area contributed by atoms with Crippen LogP contribution in [0.2, 0.25) is 0 Å². The van der Waals surface area contributed by atoms with Crippen molar-refractivity contribution in [3.05, 3.63) is 30.0 Å². The van der Waals surface area contributed by atoms with E-state index in [-0.39, 0.29) is 12.0 Å². The van der Waals surface area contributed by atoms with Gasteiger partial charge in [-0.15, -0.1) is 0 Å². The third-order valence-electron chi connectivity index (χ3n) is 3.44. The average molecular weight is 263 g/mol. The zero-order valence-corrected chi connectivity index (χ0v) is 10.3. The van der Waals surface area contributed by atoms with Crippen LogP contribution in [0, 0.1) is 5.82 Å². The van der Waals surface area contributed by atoms with Crippen LogP contribution >= 0.6 is 0 Å². The van der Waals surface area contributed by atoms with Crippen molar-refractivity contribution in [1.29, 1.82) is 0 Å². The highest BCUT2D eigenvalue weighted by molar-refractivity contribution is 5.47. The molecule has 0 bridgehead atoms. The minimum absolute atomic E-state index is 0.199. The van der Waals surface area contributed by atoms with E-state index < -0.39 is 5.82 Å². The second-order valence-electron chi connectivity index (χ2n) is 4.82. The zero-order valence-electron chi connectivity index (χ0n) is 10.3. The molecule has 1 N–H and O–H groups in total. The van der Waals surface area contributed by atoms with Crippen LogP contribution in [0.25, 0.3) is 11.5 Å². The predicted octanol–water partition coefficient (Wildman–Crippen LogP) is 2.29. The largest absolute Gasteiger partial charge is 0.393 e. The molecule has 0 aromatic carbocycles. The van der Waals surface area contributed by atoms with E-state index in [4.69, 9.17) is 4.52 Å². The molecule has 0 unspecified atom stereocenters. The molecule has 0 atom stereocenters. The fraction of sp³-hybridized carbons (Fsp3) is 0.462. The Morgan fingerprint density at radius 2 is 2.00 bits per heavy atom. The summed E-state index contributed by atoms with van der Waals surface area (Å²) in [5.74, 6) is 0.757.